The maximum Gasteiger partial charge on any atom is 0.350 e. The Morgan fingerprint density at radius 2 is 2.00 bits per heavy atom. The number of rotatable bonds is 5. The lowest BCUT2D eigenvalue weighted by Gasteiger charge is -2.11. The minimum Gasteiger partial charge on any atom is -0.326 e. The number of alkyl halides is 2. The van der Waals surface area contributed by atoms with Crippen LogP contribution in [0.3, 0.4) is 0 Å². The second kappa shape index (κ2) is 3.85. The summed E-state index contributed by atoms with van der Waals surface area (Å²) in [5.74, 6) is -3.08. The highest BCUT2D eigenvalue weighted by Gasteiger charge is 2.31. The lowest BCUT2D eigenvalue weighted by atomic mass is 10.2. The summed E-state index contributed by atoms with van der Waals surface area (Å²) in [6.45, 7) is -0.0999. The van der Waals surface area contributed by atoms with Gasteiger partial charge in [-0.25, -0.2) is 13.1 Å². The molecule has 0 aliphatic heterocycles. The molecule has 0 heterocycles. The first-order valence-corrected chi connectivity index (χ1v) is 5.50. The van der Waals surface area contributed by atoms with Gasteiger partial charge in [0, 0.05) is 12.6 Å². The van der Waals surface area contributed by atoms with Crippen molar-refractivity contribution in [2.75, 3.05) is 6.54 Å². The molecular formula is C6H12F2N2O2S. The minimum atomic E-state index is -4.46. The maximum atomic E-state index is 11.8. The van der Waals surface area contributed by atoms with Gasteiger partial charge in [-0.3, -0.25) is 0 Å². The molecule has 1 atom stereocenters. The van der Waals surface area contributed by atoms with Gasteiger partial charge in [-0.2, -0.15) is 8.78 Å². The SMILES string of the molecule is NC(CNS(=O)(=O)C(F)F)C1CC1. The van der Waals surface area contributed by atoms with Crippen molar-refractivity contribution in [3.63, 3.8) is 0 Å². The second-order valence-corrected chi connectivity index (χ2v) is 4.89. The van der Waals surface area contributed by atoms with Crippen LogP contribution in [0, 0.1) is 5.92 Å². The molecule has 0 aromatic heterocycles. The number of nitrogens with two attached hydrogens (primary N) is 1. The Balaban J connectivity index is 2.32. The van der Waals surface area contributed by atoms with Crippen molar-refractivity contribution in [3.8, 4) is 0 Å². The quantitative estimate of drug-likeness (QED) is 0.669. The predicted octanol–water partition coefficient (Wildman–Crippen LogP) is -0.134. The molecule has 0 amide bonds. The summed E-state index contributed by atoms with van der Waals surface area (Å²) in [6, 6.07) is -0.339. The highest BCUT2D eigenvalue weighted by molar-refractivity contribution is 7.89. The third kappa shape index (κ3) is 3.17. The van der Waals surface area contributed by atoms with Gasteiger partial charge in [-0.15, -0.1) is 0 Å². The van der Waals surface area contributed by atoms with Crippen molar-refractivity contribution >= 4 is 10.0 Å². The van der Waals surface area contributed by atoms with Crippen molar-refractivity contribution in [1.29, 1.82) is 0 Å². The summed E-state index contributed by atoms with van der Waals surface area (Å²) in [7, 11) is -4.46. The van der Waals surface area contributed by atoms with Crippen molar-refractivity contribution in [2.24, 2.45) is 11.7 Å². The number of sulfonamides is 1. The van der Waals surface area contributed by atoms with Crippen LogP contribution >= 0.6 is 0 Å². The highest BCUT2D eigenvalue weighted by Crippen LogP contribution is 2.31. The van der Waals surface area contributed by atoms with Gasteiger partial charge in [0.15, 0.2) is 0 Å². The van der Waals surface area contributed by atoms with Gasteiger partial charge in [0.05, 0.1) is 0 Å². The van der Waals surface area contributed by atoms with Gasteiger partial charge in [0.1, 0.15) is 0 Å². The third-order valence-corrected chi connectivity index (χ3v) is 3.02. The van der Waals surface area contributed by atoms with E-state index in [1.54, 1.807) is 4.72 Å². The van der Waals surface area contributed by atoms with E-state index in [1.165, 1.54) is 0 Å². The number of hydrogen-bond donors (Lipinski definition) is 2. The molecule has 1 rings (SSSR count). The maximum absolute atomic E-state index is 11.8. The van der Waals surface area contributed by atoms with Gasteiger partial charge in [-0.05, 0) is 18.8 Å². The fourth-order valence-electron chi connectivity index (χ4n) is 0.966. The van der Waals surface area contributed by atoms with E-state index >= 15 is 0 Å². The summed E-state index contributed by atoms with van der Waals surface area (Å²) in [6.07, 6.45) is 1.91. The number of hydrogen-bond acceptors (Lipinski definition) is 3. The summed E-state index contributed by atoms with van der Waals surface area (Å²) in [5.41, 5.74) is 5.51. The van der Waals surface area contributed by atoms with Crippen molar-refractivity contribution < 1.29 is 17.2 Å². The van der Waals surface area contributed by atoms with E-state index < -0.39 is 15.8 Å². The summed E-state index contributed by atoms with van der Waals surface area (Å²) in [5, 5.41) is 0. The Bertz CT molecular complexity index is 264. The Hall–Kier alpha value is -0.270. The van der Waals surface area contributed by atoms with Gasteiger partial charge < -0.3 is 5.73 Å². The van der Waals surface area contributed by atoms with Gasteiger partial charge in [0.2, 0.25) is 0 Å². The molecular weight excluding hydrogens is 202 g/mol. The van der Waals surface area contributed by atoms with Crippen LogP contribution in [-0.4, -0.2) is 26.8 Å². The molecule has 3 N–H and O–H groups in total. The smallest absolute Gasteiger partial charge is 0.326 e. The molecule has 7 heteroatoms. The lowest BCUT2D eigenvalue weighted by Crippen LogP contribution is -2.40. The zero-order valence-corrected chi connectivity index (χ0v) is 7.73. The van der Waals surface area contributed by atoms with E-state index in [4.69, 9.17) is 5.73 Å². The van der Waals surface area contributed by atoms with E-state index in [2.05, 4.69) is 0 Å². The molecule has 4 nitrogen and oxygen atoms in total. The zero-order chi connectivity index (χ0) is 10.1. The zero-order valence-electron chi connectivity index (χ0n) is 6.91. The fraction of sp³-hybridized carbons (Fsp3) is 1.00. The van der Waals surface area contributed by atoms with Crippen LogP contribution in [0.1, 0.15) is 12.8 Å². The highest BCUT2D eigenvalue weighted by atomic mass is 32.2. The first-order chi connectivity index (χ1) is 5.93. The Labute approximate surface area is 75.5 Å². The average Bonchev–Trinajstić information content (AvgIpc) is 2.82. The second-order valence-electron chi connectivity index (χ2n) is 3.16. The minimum absolute atomic E-state index is 0.0999. The van der Waals surface area contributed by atoms with Crippen LogP contribution in [0.2, 0.25) is 0 Å². The standard InChI is InChI=1S/C6H12F2N2O2S/c7-6(8)13(11,12)10-3-5(9)4-1-2-4/h4-6,10H,1-3,9H2. The molecule has 0 bridgehead atoms. The van der Waals surface area contributed by atoms with Crippen molar-refractivity contribution in [1.82, 2.24) is 4.72 Å². The summed E-state index contributed by atoms with van der Waals surface area (Å²) < 4.78 is 46.5. The largest absolute Gasteiger partial charge is 0.350 e. The van der Waals surface area contributed by atoms with Crippen LogP contribution in [0.25, 0.3) is 0 Å². The van der Waals surface area contributed by atoms with Crippen LogP contribution < -0.4 is 10.5 Å². The monoisotopic (exact) mass is 214 g/mol. The van der Waals surface area contributed by atoms with E-state index in [-0.39, 0.29) is 12.6 Å². The molecule has 1 aliphatic rings. The first-order valence-electron chi connectivity index (χ1n) is 3.95. The molecule has 78 valence electrons. The Morgan fingerprint density at radius 1 is 1.46 bits per heavy atom. The van der Waals surface area contributed by atoms with Gasteiger partial charge in [0.25, 0.3) is 10.0 Å². The lowest BCUT2D eigenvalue weighted by molar-refractivity contribution is 0.232. The molecule has 1 unspecified atom stereocenters. The number of halogens is 2. The normalized spacial score (nSPS) is 20.6. The third-order valence-electron chi connectivity index (χ3n) is 1.98. The molecule has 1 saturated carbocycles. The van der Waals surface area contributed by atoms with Gasteiger partial charge >= 0.3 is 5.76 Å². The molecule has 0 saturated heterocycles. The molecule has 1 aliphatic carbocycles. The Kier molecular flexibility index (Phi) is 3.20. The molecule has 0 aromatic rings. The molecule has 0 aromatic carbocycles. The Morgan fingerprint density at radius 3 is 2.38 bits per heavy atom. The van der Waals surface area contributed by atoms with Crippen LogP contribution in [0.4, 0.5) is 8.78 Å². The molecule has 13 heavy (non-hydrogen) atoms. The molecule has 0 radical (unpaired) electrons. The fourth-order valence-corrected chi connectivity index (χ4v) is 1.52. The predicted molar refractivity (Wildman–Crippen MR) is 43.6 cm³/mol. The topological polar surface area (TPSA) is 72.2 Å². The van der Waals surface area contributed by atoms with E-state index in [1.807, 2.05) is 0 Å². The average molecular weight is 214 g/mol. The first kappa shape index (κ1) is 10.8. The van der Waals surface area contributed by atoms with E-state index in [9.17, 15) is 17.2 Å². The van der Waals surface area contributed by atoms with E-state index in [0.717, 1.165) is 12.8 Å². The van der Waals surface area contributed by atoms with Crippen LogP contribution in [0.15, 0.2) is 0 Å². The summed E-state index contributed by atoms with van der Waals surface area (Å²) in [4.78, 5) is 0. The summed E-state index contributed by atoms with van der Waals surface area (Å²) >= 11 is 0. The van der Waals surface area contributed by atoms with E-state index in [0.29, 0.717) is 5.92 Å². The number of nitrogens with one attached hydrogen (secondary N) is 1. The van der Waals surface area contributed by atoms with Crippen LogP contribution in [0.5, 0.6) is 0 Å². The van der Waals surface area contributed by atoms with Crippen LogP contribution in [-0.2, 0) is 10.0 Å². The molecule has 1 fully saturated rings. The van der Waals surface area contributed by atoms with Crippen molar-refractivity contribution in [2.45, 2.75) is 24.6 Å². The van der Waals surface area contributed by atoms with Crippen molar-refractivity contribution in [3.05, 3.63) is 0 Å². The van der Waals surface area contributed by atoms with Gasteiger partial charge in [-0.1, -0.05) is 0 Å². The molecule has 0 spiro atoms.